The Balaban J connectivity index is 1.51. The summed E-state index contributed by atoms with van der Waals surface area (Å²) in [5.41, 5.74) is 0.958. The quantitative estimate of drug-likeness (QED) is 0.195. The molecular formula is C28H25F6N5O2S. The first-order valence-electron chi connectivity index (χ1n) is 12.7. The van der Waals surface area contributed by atoms with Crippen LogP contribution in [0.2, 0.25) is 0 Å². The van der Waals surface area contributed by atoms with Crippen molar-refractivity contribution in [2.45, 2.75) is 39.0 Å². The number of ether oxygens (including phenoxy) is 1. The van der Waals surface area contributed by atoms with Crippen LogP contribution in [0, 0.1) is 0 Å². The summed E-state index contributed by atoms with van der Waals surface area (Å²) in [4.78, 5) is 26.4. The summed E-state index contributed by atoms with van der Waals surface area (Å²) >= 11 is 0.578. The van der Waals surface area contributed by atoms with Gasteiger partial charge in [0.1, 0.15) is 21.3 Å². The Morgan fingerprint density at radius 2 is 1.74 bits per heavy atom. The predicted molar refractivity (Wildman–Crippen MR) is 144 cm³/mol. The maximum atomic E-state index is 13.9. The molecule has 0 radical (unpaired) electrons. The minimum absolute atomic E-state index is 0.0555. The normalized spacial score (nSPS) is 12.0. The highest BCUT2D eigenvalue weighted by molar-refractivity contribution is 7.17. The van der Waals surface area contributed by atoms with E-state index in [1.165, 1.54) is 18.3 Å². The van der Waals surface area contributed by atoms with Gasteiger partial charge >= 0.3 is 12.5 Å². The fourth-order valence-electron chi connectivity index (χ4n) is 4.09. The van der Waals surface area contributed by atoms with Crippen LogP contribution >= 0.6 is 11.3 Å². The van der Waals surface area contributed by atoms with E-state index < -0.39 is 34.8 Å². The van der Waals surface area contributed by atoms with Crippen LogP contribution in [0.5, 0.6) is 5.75 Å². The number of hydrogen-bond donors (Lipinski definition) is 1. The van der Waals surface area contributed by atoms with Gasteiger partial charge in [0.2, 0.25) is 0 Å². The van der Waals surface area contributed by atoms with E-state index in [2.05, 4.69) is 29.9 Å². The zero-order valence-electron chi connectivity index (χ0n) is 22.2. The third kappa shape index (κ3) is 8.49. The van der Waals surface area contributed by atoms with E-state index >= 15 is 0 Å². The third-order valence-electron chi connectivity index (χ3n) is 6.02. The maximum absolute atomic E-state index is 13.9. The molecule has 222 valence electrons. The maximum Gasteiger partial charge on any atom is 0.573 e. The van der Waals surface area contributed by atoms with Gasteiger partial charge in [0.25, 0.3) is 5.91 Å². The fourth-order valence-corrected chi connectivity index (χ4v) is 5.13. The summed E-state index contributed by atoms with van der Waals surface area (Å²) in [7, 11) is 0. The van der Waals surface area contributed by atoms with Crippen molar-refractivity contribution in [3.63, 3.8) is 0 Å². The van der Waals surface area contributed by atoms with Crippen molar-refractivity contribution in [3.8, 4) is 16.5 Å². The monoisotopic (exact) mass is 609 g/mol. The molecule has 0 bridgehead atoms. The average Bonchev–Trinajstić information content (AvgIpc) is 3.39. The molecule has 0 unspecified atom stereocenters. The predicted octanol–water partition coefficient (Wildman–Crippen LogP) is 6.51. The third-order valence-corrected chi connectivity index (χ3v) is 7.08. The summed E-state index contributed by atoms with van der Waals surface area (Å²) in [6.45, 7) is 3.44. The van der Waals surface area contributed by atoms with Crippen LogP contribution in [0.15, 0.2) is 67.1 Å². The number of carbonyl (C=O) groups is 1. The second kappa shape index (κ2) is 13.3. The van der Waals surface area contributed by atoms with E-state index in [4.69, 9.17) is 0 Å². The van der Waals surface area contributed by atoms with E-state index in [0.29, 0.717) is 42.1 Å². The van der Waals surface area contributed by atoms with E-state index in [1.807, 2.05) is 19.1 Å². The first-order chi connectivity index (χ1) is 19.9. The van der Waals surface area contributed by atoms with E-state index in [-0.39, 0.29) is 23.7 Å². The van der Waals surface area contributed by atoms with Crippen molar-refractivity contribution >= 4 is 17.2 Å². The van der Waals surface area contributed by atoms with E-state index in [9.17, 15) is 31.1 Å². The van der Waals surface area contributed by atoms with Gasteiger partial charge in [-0.05, 0) is 60.0 Å². The molecule has 0 spiro atoms. The molecule has 0 atom stereocenters. The zero-order chi connectivity index (χ0) is 30.3. The second-order valence-corrected chi connectivity index (χ2v) is 10.1. The molecule has 42 heavy (non-hydrogen) atoms. The molecule has 0 aliphatic heterocycles. The standard InChI is InChI=1S/C28H25F6N5O2S/c1-2-39(16-19-8-12-35-13-9-19)17-20-6-4-11-36-22(20)26-38-24(27(29,30)31)23(42-26)25(40)37-14-10-18-5-3-7-21(15-18)41-28(32,33)34/h3-9,11-13,15H,2,10,14,16-17H2,1H3,(H,37,40). The number of aromatic nitrogens is 3. The first kappa shape index (κ1) is 30.9. The molecule has 3 heterocycles. The number of amides is 1. The number of benzene rings is 1. The molecule has 0 saturated carbocycles. The minimum Gasteiger partial charge on any atom is -0.406 e. The summed E-state index contributed by atoms with van der Waals surface area (Å²) in [5, 5.41) is 2.35. The molecule has 14 heteroatoms. The van der Waals surface area contributed by atoms with Crippen molar-refractivity contribution < 1.29 is 35.9 Å². The number of pyridine rings is 2. The molecule has 1 amide bonds. The van der Waals surface area contributed by atoms with Crippen LogP contribution in [-0.4, -0.2) is 45.2 Å². The number of halogens is 6. The lowest BCUT2D eigenvalue weighted by Crippen LogP contribution is -2.27. The van der Waals surface area contributed by atoms with E-state index in [1.54, 1.807) is 24.5 Å². The second-order valence-electron chi connectivity index (χ2n) is 9.07. The number of hydrogen-bond acceptors (Lipinski definition) is 7. The van der Waals surface area contributed by atoms with Crippen LogP contribution in [-0.2, 0) is 25.7 Å². The van der Waals surface area contributed by atoms with Crippen LogP contribution < -0.4 is 10.1 Å². The van der Waals surface area contributed by atoms with Crippen LogP contribution in [0.3, 0.4) is 0 Å². The Bertz CT molecular complexity index is 1490. The van der Waals surface area contributed by atoms with E-state index in [0.717, 1.165) is 17.7 Å². The van der Waals surface area contributed by atoms with Gasteiger partial charge in [0.05, 0.1) is 0 Å². The fraction of sp³-hybridized carbons (Fsp3) is 0.286. The minimum atomic E-state index is -4.91. The van der Waals surface area contributed by atoms with Crippen molar-refractivity contribution in [1.82, 2.24) is 25.2 Å². The highest BCUT2D eigenvalue weighted by Gasteiger charge is 2.40. The lowest BCUT2D eigenvalue weighted by atomic mass is 10.1. The number of thiazole rings is 1. The topological polar surface area (TPSA) is 80.2 Å². The first-order valence-corrected chi connectivity index (χ1v) is 13.5. The van der Waals surface area contributed by atoms with Crippen molar-refractivity contribution in [1.29, 1.82) is 0 Å². The van der Waals surface area contributed by atoms with Gasteiger partial charge in [-0.15, -0.1) is 24.5 Å². The van der Waals surface area contributed by atoms with Gasteiger partial charge < -0.3 is 10.1 Å². The molecule has 7 nitrogen and oxygen atoms in total. The number of carbonyl (C=O) groups excluding carboxylic acids is 1. The number of nitrogens with one attached hydrogen (secondary N) is 1. The summed E-state index contributed by atoms with van der Waals surface area (Å²) in [5.74, 6) is -1.44. The van der Waals surface area contributed by atoms with Crippen molar-refractivity contribution in [2.24, 2.45) is 0 Å². The van der Waals surface area contributed by atoms with Gasteiger partial charge in [-0.3, -0.25) is 19.7 Å². The van der Waals surface area contributed by atoms with Gasteiger partial charge in [-0.1, -0.05) is 25.1 Å². The lowest BCUT2D eigenvalue weighted by Gasteiger charge is -2.21. The van der Waals surface area contributed by atoms with Gasteiger partial charge in [-0.25, -0.2) is 4.98 Å². The molecule has 1 aromatic carbocycles. The Kier molecular flexibility index (Phi) is 9.78. The van der Waals surface area contributed by atoms with Crippen LogP contribution in [0.25, 0.3) is 10.7 Å². The molecule has 0 fully saturated rings. The summed E-state index contributed by atoms with van der Waals surface area (Å²) in [6, 6.07) is 12.3. The summed E-state index contributed by atoms with van der Waals surface area (Å²) < 4.78 is 83.1. The number of nitrogens with zero attached hydrogens (tertiary/aromatic N) is 4. The zero-order valence-corrected chi connectivity index (χ0v) is 23.0. The molecule has 0 saturated heterocycles. The Morgan fingerprint density at radius 1 is 0.976 bits per heavy atom. The van der Waals surface area contributed by atoms with Crippen LogP contribution in [0.4, 0.5) is 26.3 Å². The van der Waals surface area contributed by atoms with Gasteiger partial charge in [0.15, 0.2) is 5.69 Å². The number of rotatable bonds is 11. The molecule has 0 aliphatic carbocycles. The smallest absolute Gasteiger partial charge is 0.406 e. The van der Waals surface area contributed by atoms with Crippen molar-refractivity contribution in [3.05, 3.63) is 94.4 Å². The summed E-state index contributed by atoms with van der Waals surface area (Å²) in [6.07, 6.45) is -4.91. The number of alkyl halides is 6. The Labute approximate surface area is 241 Å². The Morgan fingerprint density at radius 3 is 2.43 bits per heavy atom. The SMILES string of the molecule is CCN(Cc1ccncc1)Cc1cccnc1-c1nc(C(F)(F)F)c(C(=O)NCCc2cccc(OC(F)(F)F)c2)s1. The highest BCUT2D eigenvalue weighted by Crippen LogP contribution is 2.38. The van der Waals surface area contributed by atoms with Gasteiger partial charge in [0, 0.05) is 38.2 Å². The molecule has 0 aliphatic rings. The van der Waals surface area contributed by atoms with Crippen LogP contribution in [0.1, 0.15) is 39.0 Å². The molecule has 1 N–H and O–H groups in total. The molecule has 4 rings (SSSR count). The largest absolute Gasteiger partial charge is 0.573 e. The van der Waals surface area contributed by atoms with Crippen molar-refractivity contribution in [2.75, 3.05) is 13.1 Å². The average molecular weight is 610 g/mol. The molecular weight excluding hydrogens is 584 g/mol. The lowest BCUT2D eigenvalue weighted by molar-refractivity contribution is -0.274. The molecule has 3 aromatic heterocycles. The van der Waals surface area contributed by atoms with Gasteiger partial charge in [-0.2, -0.15) is 13.2 Å². The highest BCUT2D eigenvalue weighted by atomic mass is 32.1. The molecule has 4 aromatic rings. The Hall–Kier alpha value is -4.04.